The van der Waals surface area contributed by atoms with E-state index in [9.17, 15) is 4.79 Å². The van der Waals surface area contributed by atoms with Crippen molar-refractivity contribution in [1.82, 2.24) is 14.9 Å². The Bertz CT molecular complexity index is 891. The van der Waals surface area contributed by atoms with Crippen LogP contribution in [0.5, 0.6) is 5.75 Å². The Morgan fingerprint density at radius 2 is 2.12 bits per heavy atom. The van der Waals surface area contributed by atoms with Crippen LogP contribution in [0.4, 0.5) is 5.69 Å². The Kier molecular flexibility index (Phi) is 4.56. The molecule has 0 aliphatic carbocycles. The van der Waals surface area contributed by atoms with Crippen LogP contribution in [0, 0.1) is 20.8 Å². The summed E-state index contributed by atoms with van der Waals surface area (Å²) in [5.41, 5.74) is 3.82. The van der Waals surface area contributed by atoms with Crippen molar-refractivity contribution < 1.29 is 14.1 Å². The van der Waals surface area contributed by atoms with Crippen LogP contribution in [0.25, 0.3) is 0 Å². The van der Waals surface area contributed by atoms with E-state index in [4.69, 9.17) is 9.26 Å². The number of aryl methyl sites for hydroxylation is 2. The van der Waals surface area contributed by atoms with Gasteiger partial charge in [-0.05, 0) is 32.9 Å². The molecule has 0 saturated heterocycles. The smallest absolute Gasteiger partial charge is 0.256 e. The van der Waals surface area contributed by atoms with Gasteiger partial charge < -0.3 is 14.6 Å². The minimum absolute atomic E-state index is 0.201. The first-order chi connectivity index (χ1) is 12.0. The van der Waals surface area contributed by atoms with E-state index in [1.54, 1.807) is 36.3 Å². The molecule has 1 aromatic carbocycles. The molecule has 25 heavy (non-hydrogen) atoms. The van der Waals surface area contributed by atoms with E-state index >= 15 is 0 Å². The Balaban J connectivity index is 1.74. The fraction of sp³-hybridized carbons (Fsp3) is 0.278. The van der Waals surface area contributed by atoms with Gasteiger partial charge in [-0.3, -0.25) is 9.48 Å². The Morgan fingerprint density at radius 1 is 1.32 bits per heavy atom. The van der Waals surface area contributed by atoms with Crippen LogP contribution < -0.4 is 10.1 Å². The van der Waals surface area contributed by atoms with Gasteiger partial charge in [-0.15, -0.1) is 0 Å². The fourth-order valence-electron chi connectivity index (χ4n) is 2.68. The lowest BCUT2D eigenvalue weighted by Gasteiger charge is -2.09. The predicted octanol–water partition coefficient (Wildman–Crippen LogP) is 3.11. The number of aromatic nitrogens is 3. The highest BCUT2D eigenvalue weighted by atomic mass is 16.5. The molecule has 1 N–H and O–H groups in total. The minimum Gasteiger partial charge on any atom is -0.496 e. The second kappa shape index (κ2) is 6.80. The van der Waals surface area contributed by atoms with Crippen molar-refractivity contribution >= 4 is 11.6 Å². The SMILES string of the molecule is COc1cccc(C(=O)Nc2cnn(Cc3c(C)noc3C)c2)c1C. The summed E-state index contributed by atoms with van der Waals surface area (Å²) in [6, 6.07) is 5.39. The zero-order valence-corrected chi connectivity index (χ0v) is 14.7. The topological polar surface area (TPSA) is 82.2 Å². The van der Waals surface area contributed by atoms with E-state index in [2.05, 4.69) is 15.6 Å². The minimum atomic E-state index is -0.201. The average Bonchev–Trinajstić information content (AvgIpc) is 3.16. The largest absolute Gasteiger partial charge is 0.496 e. The number of anilines is 1. The number of carbonyl (C=O) groups is 1. The van der Waals surface area contributed by atoms with Gasteiger partial charge in [0, 0.05) is 22.9 Å². The van der Waals surface area contributed by atoms with Crippen molar-refractivity contribution in [3.8, 4) is 5.75 Å². The number of hydrogen-bond acceptors (Lipinski definition) is 5. The summed E-state index contributed by atoms with van der Waals surface area (Å²) in [5, 5.41) is 11.1. The first kappa shape index (κ1) is 16.8. The van der Waals surface area contributed by atoms with Crippen molar-refractivity contribution in [2.24, 2.45) is 0 Å². The quantitative estimate of drug-likeness (QED) is 0.772. The van der Waals surface area contributed by atoms with Gasteiger partial charge in [0.15, 0.2) is 0 Å². The van der Waals surface area contributed by atoms with E-state index in [0.717, 1.165) is 22.6 Å². The maximum atomic E-state index is 12.5. The van der Waals surface area contributed by atoms with Gasteiger partial charge in [0.1, 0.15) is 11.5 Å². The molecule has 7 heteroatoms. The van der Waals surface area contributed by atoms with Crippen LogP contribution in [0.3, 0.4) is 0 Å². The predicted molar refractivity (Wildman–Crippen MR) is 93.0 cm³/mol. The summed E-state index contributed by atoms with van der Waals surface area (Å²) in [6.45, 7) is 6.15. The summed E-state index contributed by atoms with van der Waals surface area (Å²) < 4.78 is 12.2. The number of hydrogen-bond donors (Lipinski definition) is 1. The normalized spacial score (nSPS) is 10.7. The van der Waals surface area contributed by atoms with Gasteiger partial charge in [-0.25, -0.2) is 0 Å². The molecule has 0 aliphatic rings. The van der Waals surface area contributed by atoms with Gasteiger partial charge in [0.05, 0.1) is 31.2 Å². The third kappa shape index (κ3) is 3.40. The third-order valence-corrected chi connectivity index (χ3v) is 4.14. The van der Waals surface area contributed by atoms with E-state index < -0.39 is 0 Å². The Labute approximate surface area is 145 Å². The van der Waals surface area contributed by atoms with E-state index in [0.29, 0.717) is 23.5 Å². The highest BCUT2D eigenvalue weighted by Crippen LogP contribution is 2.22. The summed E-state index contributed by atoms with van der Waals surface area (Å²) in [6.07, 6.45) is 3.39. The van der Waals surface area contributed by atoms with Crippen LogP contribution in [-0.4, -0.2) is 28.0 Å². The van der Waals surface area contributed by atoms with Crippen LogP contribution in [0.15, 0.2) is 35.1 Å². The number of methoxy groups -OCH3 is 1. The average molecular weight is 340 g/mol. The lowest BCUT2D eigenvalue weighted by atomic mass is 10.1. The second-order valence-electron chi connectivity index (χ2n) is 5.82. The first-order valence-corrected chi connectivity index (χ1v) is 7.88. The summed E-state index contributed by atoms with van der Waals surface area (Å²) in [4.78, 5) is 12.5. The summed E-state index contributed by atoms with van der Waals surface area (Å²) >= 11 is 0. The zero-order chi connectivity index (χ0) is 18.0. The number of rotatable bonds is 5. The molecular weight excluding hydrogens is 320 g/mol. The van der Waals surface area contributed by atoms with Crippen molar-refractivity contribution in [3.05, 3.63) is 58.7 Å². The highest BCUT2D eigenvalue weighted by molar-refractivity contribution is 6.05. The van der Waals surface area contributed by atoms with Crippen LogP contribution >= 0.6 is 0 Å². The third-order valence-electron chi connectivity index (χ3n) is 4.14. The van der Waals surface area contributed by atoms with Crippen LogP contribution in [-0.2, 0) is 6.54 Å². The number of nitrogens with one attached hydrogen (secondary N) is 1. The number of ether oxygens (including phenoxy) is 1. The van der Waals surface area contributed by atoms with E-state index in [1.807, 2.05) is 26.8 Å². The first-order valence-electron chi connectivity index (χ1n) is 7.88. The maximum absolute atomic E-state index is 12.5. The van der Waals surface area contributed by atoms with Crippen molar-refractivity contribution in [2.45, 2.75) is 27.3 Å². The van der Waals surface area contributed by atoms with Crippen LogP contribution in [0.1, 0.15) is 32.9 Å². The molecule has 2 aromatic heterocycles. The standard InChI is InChI=1S/C18H20N4O3/c1-11-15(6-5-7-17(11)24-4)18(23)20-14-8-19-22(9-14)10-16-12(2)21-25-13(16)3/h5-9H,10H2,1-4H3,(H,20,23). The number of amides is 1. The van der Waals surface area contributed by atoms with Gasteiger partial charge in [-0.1, -0.05) is 11.2 Å². The molecule has 0 atom stereocenters. The summed E-state index contributed by atoms with van der Waals surface area (Å²) in [5.74, 6) is 1.25. The van der Waals surface area contributed by atoms with Gasteiger partial charge in [0.25, 0.3) is 5.91 Å². The lowest BCUT2D eigenvalue weighted by molar-refractivity contribution is 0.102. The molecule has 3 rings (SSSR count). The van der Waals surface area contributed by atoms with Crippen molar-refractivity contribution in [3.63, 3.8) is 0 Å². The van der Waals surface area contributed by atoms with Gasteiger partial charge in [0.2, 0.25) is 0 Å². The van der Waals surface area contributed by atoms with Crippen molar-refractivity contribution in [2.75, 3.05) is 12.4 Å². The Morgan fingerprint density at radius 3 is 2.80 bits per heavy atom. The number of benzene rings is 1. The molecule has 0 unspecified atom stereocenters. The molecule has 0 aliphatic heterocycles. The summed E-state index contributed by atoms with van der Waals surface area (Å²) in [7, 11) is 1.59. The molecule has 0 fully saturated rings. The van der Waals surface area contributed by atoms with Gasteiger partial charge in [-0.2, -0.15) is 5.10 Å². The Hall–Kier alpha value is -3.09. The number of nitrogens with zero attached hydrogens (tertiary/aromatic N) is 3. The lowest BCUT2D eigenvalue weighted by Crippen LogP contribution is -2.13. The van der Waals surface area contributed by atoms with Crippen LogP contribution in [0.2, 0.25) is 0 Å². The highest BCUT2D eigenvalue weighted by Gasteiger charge is 2.14. The van der Waals surface area contributed by atoms with E-state index in [1.165, 1.54) is 0 Å². The molecule has 0 saturated carbocycles. The number of carbonyl (C=O) groups excluding carboxylic acids is 1. The molecule has 3 aromatic rings. The zero-order valence-electron chi connectivity index (χ0n) is 14.7. The maximum Gasteiger partial charge on any atom is 0.256 e. The molecule has 1 amide bonds. The molecule has 7 nitrogen and oxygen atoms in total. The molecule has 2 heterocycles. The van der Waals surface area contributed by atoms with Crippen molar-refractivity contribution in [1.29, 1.82) is 0 Å². The molecular formula is C18H20N4O3. The van der Waals surface area contributed by atoms with E-state index in [-0.39, 0.29) is 5.91 Å². The molecule has 0 spiro atoms. The molecule has 0 radical (unpaired) electrons. The molecule has 130 valence electrons. The second-order valence-corrected chi connectivity index (χ2v) is 5.82. The molecule has 0 bridgehead atoms. The fourth-order valence-corrected chi connectivity index (χ4v) is 2.68. The monoisotopic (exact) mass is 340 g/mol. The van der Waals surface area contributed by atoms with Gasteiger partial charge >= 0.3 is 0 Å².